The maximum Gasteiger partial charge on any atom is 0.387 e. The van der Waals surface area contributed by atoms with Gasteiger partial charge in [0.15, 0.2) is 0 Å². The van der Waals surface area contributed by atoms with E-state index in [9.17, 15) is 8.78 Å². The molecule has 1 aromatic carbocycles. The zero-order valence-corrected chi connectivity index (χ0v) is 12.1. The van der Waals surface area contributed by atoms with Gasteiger partial charge in [-0.25, -0.2) is 0 Å². The molecule has 1 heterocycles. The highest BCUT2D eigenvalue weighted by molar-refractivity contribution is 5.37. The van der Waals surface area contributed by atoms with Gasteiger partial charge < -0.3 is 10.1 Å². The van der Waals surface area contributed by atoms with Crippen LogP contribution in [0.3, 0.4) is 0 Å². The van der Waals surface area contributed by atoms with Gasteiger partial charge in [-0.05, 0) is 24.6 Å². The second-order valence-electron chi connectivity index (χ2n) is 4.75. The van der Waals surface area contributed by atoms with Crippen LogP contribution in [-0.2, 0) is 13.5 Å². The Balaban J connectivity index is 2.24. The Morgan fingerprint density at radius 3 is 2.71 bits per heavy atom. The van der Waals surface area contributed by atoms with Gasteiger partial charge in [0, 0.05) is 24.8 Å². The average Bonchev–Trinajstić information content (AvgIpc) is 2.84. The number of para-hydroxylation sites is 1. The van der Waals surface area contributed by atoms with E-state index in [1.54, 1.807) is 29.1 Å². The van der Waals surface area contributed by atoms with E-state index in [1.807, 2.05) is 26.2 Å². The van der Waals surface area contributed by atoms with Crippen LogP contribution >= 0.6 is 0 Å². The monoisotopic (exact) mass is 295 g/mol. The van der Waals surface area contributed by atoms with Crippen molar-refractivity contribution in [3.8, 4) is 5.75 Å². The first-order valence-electron chi connectivity index (χ1n) is 6.84. The van der Waals surface area contributed by atoms with Crippen molar-refractivity contribution in [1.82, 2.24) is 15.1 Å². The summed E-state index contributed by atoms with van der Waals surface area (Å²) in [6, 6.07) is 6.78. The van der Waals surface area contributed by atoms with Crippen LogP contribution in [0.25, 0.3) is 0 Å². The summed E-state index contributed by atoms with van der Waals surface area (Å²) in [6.45, 7) is -0.118. The number of rotatable bonds is 7. The fourth-order valence-corrected chi connectivity index (χ4v) is 2.32. The van der Waals surface area contributed by atoms with Crippen LogP contribution in [0.4, 0.5) is 8.78 Å². The van der Waals surface area contributed by atoms with Crippen molar-refractivity contribution in [1.29, 1.82) is 0 Å². The third-order valence-corrected chi connectivity index (χ3v) is 3.16. The molecule has 0 amide bonds. The van der Waals surface area contributed by atoms with Crippen molar-refractivity contribution in [3.63, 3.8) is 0 Å². The molecule has 4 nitrogen and oxygen atoms in total. The summed E-state index contributed by atoms with van der Waals surface area (Å²) in [6.07, 6.45) is 4.35. The predicted molar refractivity (Wildman–Crippen MR) is 76.4 cm³/mol. The van der Waals surface area contributed by atoms with Crippen molar-refractivity contribution in [3.05, 3.63) is 47.8 Å². The second-order valence-corrected chi connectivity index (χ2v) is 4.75. The lowest BCUT2D eigenvalue weighted by Crippen LogP contribution is -2.23. The Labute approximate surface area is 122 Å². The number of benzene rings is 1. The number of nitrogens with zero attached hydrogens (tertiary/aromatic N) is 2. The molecule has 6 heteroatoms. The van der Waals surface area contributed by atoms with Gasteiger partial charge in [-0.1, -0.05) is 25.1 Å². The summed E-state index contributed by atoms with van der Waals surface area (Å²) in [7, 11) is 1.85. The first-order valence-corrected chi connectivity index (χ1v) is 6.84. The van der Waals surface area contributed by atoms with Crippen LogP contribution in [0.1, 0.15) is 24.1 Å². The lowest BCUT2D eigenvalue weighted by atomic mass is 9.99. The van der Waals surface area contributed by atoms with Crippen LogP contribution in [0.5, 0.6) is 5.75 Å². The smallest absolute Gasteiger partial charge is 0.387 e. The zero-order chi connectivity index (χ0) is 15.2. The minimum Gasteiger partial charge on any atom is -0.434 e. The van der Waals surface area contributed by atoms with E-state index in [4.69, 9.17) is 0 Å². The van der Waals surface area contributed by atoms with Gasteiger partial charge >= 0.3 is 6.61 Å². The van der Waals surface area contributed by atoms with Crippen molar-refractivity contribution in [2.24, 2.45) is 7.05 Å². The molecule has 0 bridgehead atoms. The lowest BCUT2D eigenvalue weighted by Gasteiger charge is -2.20. The molecular formula is C15H19F2N3O. The SMILES string of the molecule is CCNC(Cc1cnn(C)c1)c1ccccc1OC(F)F. The molecule has 2 aromatic rings. The van der Waals surface area contributed by atoms with Crippen LogP contribution < -0.4 is 10.1 Å². The minimum atomic E-state index is -2.83. The Morgan fingerprint density at radius 1 is 1.33 bits per heavy atom. The summed E-state index contributed by atoms with van der Waals surface area (Å²) in [5.41, 5.74) is 1.76. The molecule has 0 aliphatic heterocycles. The van der Waals surface area contributed by atoms with Crippen LogP contribution in [-0.4, -0.2) is 22.9 Å². The summed E-state index contributed by atoms with van der Waals surface area (Å²) >= 11 is 0. The minimum absolute atomic E-state index is 0.103. The van der Waals surface area contributed by atoms with Gasteiger partial charge in [0.25, 0.3) is 0 Å². The molecule has 1 N–H and O–H groups in total. The van der Waals surface area contributed by atoms with Gasteiger partial charge in [0.1, 0.15) is 5.75 Å². The Hall–Kier alpha value is -1.95. The summed E-state index contributed by atoms with van der Waals surface area (Å²) in [4.78, 5) is 0. The predicted octanol–water partition coefficient (Wildman–Crippen LogP) is 2.91. The molecule has 0 saturated carbocycles. The molecule has 0 fully saturated rings. The number of nitrogens with one attached hydrogen (secondary N) is 1. The highest BCUT2D eigenvalue weighted by Gasteiger charge is 2.18. The summed E-state index contributed by atoms with van der Waals surface area (Å²) in [5.74, 6) is 0.211. The number of hydrogen-bond acceptors (Lipinski definition) is 3. The van der Waals surface area contributed by atoms with E-state index in [0.717, 1.165) is 17.7 Å². The molecule has 0 spiro atoms. The molecule has 1 unspecified atom stereocenters. The van der Waals surface area contributed by atoms with Crippen molar-refractivity contribution >= 4 is 0 Å². The van der Waals surface area contributed by atoms with Gasteiger partial charge in [-0.15, -0.1) is 0 Å². The number of aryl methyl sites for hydroxylation is 1. The Bertz CT molecular complexity index is 572. The normalized spacial score (nSPS) is 12.6. The molecule has 2 rings (SSSR count). The highest BCUT2D eigenvalue weighted by Crippen LogP contribution is 2.28. The fraction of sp³-hybridized carbons (Fsp3) is 0.400. The van der Waals surface area contributed by atoms with Gasteiger partial charge in [-0.2, -0.15) is 13.9 Å². The molecule has 1 aromatic heterocycles. The van der Waals surface area contributed by atoms with Gasteiger partial charge in [-0.3, -0.25) is 4.68 Å². The maximum atomic E-state index is 12.5. The van der Waals surface area contributed by atoms with Crippen LogP contribution in [0.2, 0.25) is 0 Å². The third-order valence-electron chi connectivity index (χ3n) is 3.16. The molecule has 1 atom stereocenters. The average molecular weight is 295 g/mol. The lowest BCUT2D eigenvalue weighted by molar-refractivity contribution is -0.0507. The number of hydrogen-bond donors (Lipinski definition) is 1. The number of likely N-dealkylation sites (N-methyl/N-ethyl adjacent to an activating group) is 1. The fourth-order valence-electron chi connectivity index (χ4n) is 2.32. The van der Waals surface area contributed by atoms with Crippen LogP contribution in [0, 0.1) is 0 Å². The number of ether oxygens (including phenoxy) is 1. The third kappa shape index (κ3) is 4.26. The summed E-state index contributed by atoms with van der Waals surface area (Å²) < 4.78 is 31.4. The molecule has 114 valence electrons. The van der Waals surface area contributed by atoms with Gasteiger partial charge in [0.05, 0.1) is 6.20 Å². The standard InChI is InChI=1S/C15H19F2N3O/c1-3-18-13(8-11-9-19-20(2)10-11)12-6-4-5-7-14(12)21-15(16)17/h4-7,9-10,13,15,18H,3,8H2,1-2H3. The van der Waals surface area contributed by atoms with Crippen LogP contribution in [0.15, 0.2) is 36.7 Å². The highest BCUT2D eigenvalue weighted by atomic mass is 19.3. The first-order chi connectivity index (χ1) is 10.1. The van der Waals surface area contributed by atoms with E-state index in [2.05, 4.69) is 15.2 Å². The molecule has 0 radical (unpaired) electrons. The number of halogens is 2. The van der Waals surface area contributed by atoms with Gasteiger partial charge in [0.2, 0.25) is 0 Å². The second kappa shape index (κ2) is 7.17. The first kappa shape index (κ1) is 15.4. The molecule has 0 aliphatic rings. The zero-order valence-electron chi connectivity index (χ0n) is 12.1. The Morgan fingerprint density at radius 2 is 2.10 bits per heavy atom. The molecule has 0 aliphatic carbocycles. The topological polar surface area (TPSA) is 39.1 Å². The van der Waals surface area contributed by atoms with E-state index in [0.29, 0.717) is 6.42 Å². The molecule has 21 heavy (non-hydrogen) atoms. The van der Waals surface area contributed by atoms with Crippen molar-refractivity contribution < 1.29 is 13.5 Å². The maximum absolute atomic E-state index is 12.5. The number of alkyl halides is 2. The molecule has 0 saturated heterocycles. The van der Waals surface area contributed by atoms with E-state index in [1.165, 1.54) is 0 Å². The van der Waals surface area contributed by atoms with E-state index >= 15 is 0 Å². The molecular weight excluding hydrogens is 276 g/mol. The van der Waals surface area contributed by atoms with E-state index < -0.39 is 6.61 Å². The quantitative estimate of drug-likeness (QED) is 0.853. The van der Waals surface area contributed by atoms with Crippen molar-refractivity contribution in [2.75, 3.05) is 6.54 Å². The summed E-state index contributed by atoms with van der Waals surface area (Å²) in [5, 5.41) is 7.44. The van der Waals surface area contributed by atoms with E-state index in [-0.39, 0.29) is 11.8 Å². The number of aromatic nitrogens is 2. The largest absolute Gasteiger partial charge is 0.434 e. The van der Waals surface area contributed by atoms with Crippen molar-refractivity contribution in [2.45, 2.75) is 26.0 Å². The Kier molecular flexibility index (Phi) is 5.27.